The molecular formula is C32H37F3N2O6. The number of amides is 2. The SMILES string of the molecule is COC(=O)[C@]12CCCCC=C1N(CCc1ccc(OC)c(OC)c1)C(=O)[C@H](CC(=O)NCc1cccc(C(F)(F)F)c1)C2. The molecule has 1 fully saturated rings. The lowest BCUT2D eigenvalue weighted by Gasteiger charge is -2.46. The molecule has 232 valence electrons. The summed E-state index contributed by atoms with van der Waals surface area (Å²) in [6.07, 6.45) is 0.592. The lowest BCUT2D eigenvalue weighted by atomic mass is 9.69. The first-order chi connectivity index (χ1) is 20.5. The fourth-order valence-electron chi connectivity index (χ4n) is 6.06. The molecule has 1 N–H and O–H groups in total. The Balaban J connectivity index is 1.56. The van der Waals surface area contributed by atoms with Crippen molar-refractivity contribution in [2.75, 3.05) is 27.9 Å². The number of nitrogens with one attached hydrogen (secondary N) is 1. The third-order valence-corrected chi connectivity index (χ3v) is 8.21. The molecule has 1 aliphatic heterocycles. The summed E-state index contributed by atoms with van der Waals surface area (Å²) in [6.45, 7) is 0.140. The van der Waals surface area contributed by atoms with Crippen LogP contribution in [0.2, 0.25) is 0 Å². The van der Waals surface area contributed by atoms with Crippen LogP contribution in [-0.2, 0) is 38.3 Å². The van der Waals surface area contributed by atoms with Gasteiger partial charge in [0.2, 0.25) is 11.8 Å². The molecule has 2 atom stereocenters. The second-order valence-electron chi connectivity index (χ2n) is 10.9. The van der Waals surface area contributed by atoms with Crippen molar-refractivity contribution < 1.29 is 41.8 Å². The number of alkyl halides is 3. The molecule has 1 heterocycles. The third-order valence-electron chi connectivity index (χ3n) is 8.21. The molecule has 0 radical (unpaired) electrons. The monoisotopic (exact) mass is 602 g/mol. The summed E-state index contributed by atoms with van der Waals surface area (Å²) in [5, 5.41) is 2.65. The molecule has 11 heteroatoms. The van der Waals surface area contributed by atoms with Crippen molar-refractivity contribution in [2.24, 2.45) is 11.3 Å². The van der Waals surface area contributed by atoms with Crippen LogP contribution in [0.3, 0.4) is 0 Å². The van der Waals surface area contributed by atoms with Gasteiger partial charge in [0.05, 0.1) is 26.9 Å². The average Bonchev–Trinajstić information content (AvgIpc) is 3.22. The van der Waals surface area contributed by atoms with E-state index < -0.39 is 34.9 Å². The van der Waals surface area contributed by atoms with Crippen LogP contribution in [-0.4, -0.2) is 50.6 Å². The number of benzene rings is 2. The van der Waals surface area contributed by atoms with E-state index in [1.807, 2.05) is 18.2 Å². The largest absolute Gasteiger partial charge is 0.493 e. The number of carbonyl (C=O) groups is 3. The van der Waals surface area contributed by atoms with Crippen molar-refractivity contribution in [3.05, 3.63) is 70.9 Å². The number of ether oxygens (including phenoxy) is 3. The Morgan fingerprint density at radius 1 is 1.02 bits per heavy atom. The predicted octanol–water partition coefficient (Wildman–Crippen LogP) is 5.44. The molecule has 2 amide bonds. The van der Waals surface area contributed by atoms with Crippen LogP contribution in [0.5, 0.6) is 11.5 Å². The van der Waals surface area contributed by atoms with Crippen LogP contribution in [0.25, 0.3) is 0 Å². The quantitative estimate of drug-likeness (QED) is 0.364. The number of methoxy groups -OCH3 is 3. The number of esters is 1. The Hall–Kier alpha value is -4.02. The molecule has 1 aliphatic carbocycles. The minimum atomic E-state index is -4.50. The molecule has 2 aromatic rings. The van der Waals surface area contributed by atoms with E-state index in [0.717, 1.165) is 30.5 Å². The van der Waals surface area contributed by atoms with Crippen molar-refractivity contribution in [3.8, 4) is 11.5 Å². The fourth-order valence-corrected chi connectivity index (χ4v) is 6.06. The maximum Gasteiger partial charge on any atom is 0.416 e. The van der Waals surface area contributed by atoms with E-state index in [4.69, 9.17) is 14.2 Å². The predicted molar refractivity (Wildman–Crippen MR) is 152 cm³/mol. The molecule has 43 heavy (non-hydrogen) atoms. The smallest absolute Gasteiger partial charge is 0.416 e. The highest BCUT2D eigenvalue weighted by Crippen LogP contribution is 2.49. The van der Waals surface area contributed by atoms with Crippen LogP contribution >= 0.6 is 0 Å². The van der Waals surface area contributed by atoms with Crippen molar-refractivity contribution in [1.82, 2.24) is 10.2 Å². The molecular weight excluding hydrogens is 565 g/mol. The standard InChI is InChI=1S/C32H37F3N2O6/c1-41-25-12-11-21(17-26(25)42-2)13-15-37-27-10-5-4-6-14-31(27,30(40)43-3)19-23(29(37)39)18-28(38)36-20-22-8-7-9-24(16-22)32(33,34)35/h7-12,16-17,23H,4-6,13-15,18-20H2,1-3H3,(H,36,38)/t23-,31+/m1/s1. The van der Waals surface area contributed by atoms with Gasteiger partial charge in [-0.05, 0) is 67.5 Å². The zero-order chi connectivity index (χ0) is 31.2. The molecule has 0 spiro atoms. The number of likely N-dealkylation sites (tertiary alicyclic amines) is 1. The molecule has 8 nitrogen and oxygen atoms in total. The molecule has 0 aromatic heterocycles. The summed E-state index contributed by atoms with van der Waals surface area (Å²) in [6, 6.07) is 10.2. The van der Waals surface area contributed by atoms with Gasteiger partial charge in [-0.3, -0.25) is 14.4 Å². The van der Waals surface area contributed by atoms with Gasteiger partial charge in [-0.1, -0.05) is 30.7 Å². The van der Waals surface area contributed by atoms with E-state index in [1.165, 1.54) is 19.2 Å². The van der Waals surface area contributed by atoms with E-state index >= 15 is 0 Å². The molecule has 0 bridgehead atoms. The maximum absolute atomic E-state index is 13.9. The zero-order valence-electron chi connectivity index (χ0n) is 24.6. The molecule has 1 saturated heterocycles. The van der Waals surface area contributed by atoms with Crippen molar-refractivity contribution >= 4 is 17.8 Å². The summed E-state index contributed by atoms with van der Waals surface area (Å²) in [4.78, 5) is 42.0. The number of hydrogen-bond donors (Lipinski definition) is 1. The number of carbonyl (C=O) groups excluding carboxylic acids is 3. The Morgan fingerprint density at radius 2 is 1.79 bits per heavy atom. The molecule has 4 rings (SSSR count). The summed E-state index contributed by atoms with van der Waals surface area (Å²) < 4.78 is 55.3. The average molecular weight is 603 g/mol. The topological polar surface area (TPSA) is 94.2 Å². The Labute approximate surface area is 249 Å². The van der Waals surface area contributed by atoms with E-state index in [-0.39, 0.29) is 37.4 Å². The first-order valence-corrected chi connectivity index (χ1v) is 14.3. The highest BCUT2D eigenvalue weighted by Gasteiger charge is 2.53. The van der Waals surface area contributed by atoms with Crippen molar-refractivity contribution in [2.45, 2.75) is 57.7 Å². The first kappa shape index (κ1) is 31.9. The van der Waals surface area contributed by atoms with Crippen LogP contribution in [0.15, 0.2) is 54.2 Å². The Kier molecular flexibility index (Phi) is 10.0. The number of nitrogens with zero attached hydrogens (tertiary/aromatic N) is 1. The minimum absolute atomic E-state index is 0.119. The van der Waals surface area contributed by atoms with Crippen LogP contribution in [0.4, 0.5) is 13.2 Å². The number of fused-ring (bicyclic) bond motifs is 1. The van der Waals surface area contributed by atoms with Gasteiger partial charge in [0.15, 0.2) is 11.5 Å². The van der Waals surface area contributed by atoms with Crippen LogP contribution in [0.1, 0.15) is 55.2 Å². The Bertz CT molecular complexity index is 1380. The van der Waals surface area contributed by atoms with E-state index in [9.17, 15) is 27.6 Å². The molecule has 2 aliphatic rings. The van der Waals surface area contributed by atoms with Crippen molar-refractivity contribution in [3.63, 3.8) is 0 Å². The molecule has 2 aromatic carbocycles. The number of allylic oxidation sites excluding steroid dienone is 1. The van der Waals surface area contributed by atoms with Gasteiger partial charge in [-0.15, -0.1) is 0 Å². The lowest BCUT2D eigenvalue weighted by molar-refractivity contribution is -0.159. The molecule has 0 unspecified atom stereocenters. The maximum atomic E-state index is 13.9. The number of piperidine rings is 1. The van der Waals surface area contributed by atoms with Crippen LogP contribution in [0, 0.1) is 11.3 Å². The van der Waals surface area contributed by atoms with Gasteiger partial charge >= 0.3 is 12.1 Å². The number of hydrogen-bond acceptors (Lipinski definition) is 6. The second-order valence-corrected chi connectivity index (χ2v) is 10.9. The van der Waals surface area contributed by atoms with Crippen LogP contribution < -0.4 is 14.8 Å². The highest BCUT2D eigenvalue weighted by atomic mass is 19.4. The summed E-state index contributed by atoms with van der Waals surface area (Å²) in [5.41, 5.74) is -0.0931. The van der Waals surface area contributed by atoms with Gasteiger partial charge in [0.1, 0.15) is 5.41 Å². The van der Waals surface area contributed by atoms with Crippen molar-refractivity contribution in [1.29, 1.82) is 0 Å². The van der Waals surface area contributed by atoms with Gasteiger partial charge in [0.25, 0.3) is 0 Å². The molecule has 0 saturated carbocycles. The number of rotatable bonds is 10. The number of halogens is 3. The highest BCUT2D eigenvalue weighted by molar-refractivity contribution is 5.92. The fraction of sp³-hybridized carbons (Fsp3) is 0.469. The Morgan fingerprint density at radius 3 is 2.49 bits per heavy atom. The normalized spacial score (nSPS) is 20.4. The van der Waals surface area contributed by atoms with E-state index in [1.54, 1.807) is 25.2 Å². The summed E-state index contributed by atoms with van der Waals surface area (Å²) in [7, 11) is 4.41. The van der Waals surface area contributed by atoms with Gasteiger partial charge < -0.3 is 24.4 Å². The lowest BCUT2D eigenvalue weighted by Crippen LogP contribution is -2.53. The third kappa shape index (κ3) is 7.14. The second kappa shape index (κ2) is 13.5. The first-order valence-electron chi connectivity index (χ1n) is 14.3. The van der Waals surface area contributed by atoms with Gasteiger partial charge in [-0.2, -0.15) is 13.2 Å². The summed E-state index contributed by atoms with van der Waals surface area (Å²) >= 11 is 0. The zero-order valence-corrected chi connectivity index (χ0v) is 24.6. The minimum Gasteiger partial charge on any atom is -0.493 e. The van der Waals surface area contributed by atoms with Gasteiger partial charge in [-0.25, -0.2) is 0 Å². The summed E-state index contributed by atoms with van der Waals surface area (Å²) in [5.74, 6) is -0.899. The van der Waals surface area contributed by atoms with Gasteiger partial charge in [0, 0.05) is 31.1 Å². The van der Waals surface area contributed by atoms with E-state index in [0.29, 0.717) is 36.5 Å². The van der Waals surface area contributed by atoms with E-state index in [2.05, 4.69) is 5.32 Å².